The molecule has 1 amide bonds. The number of benzene rings is 1. The van der Waals surface area contributed by atoms with Crippen LogP contribution < -0.4 is 17.0 Å². The van der Waals surface area contributed by atoms with Gasteiger partial charge < -0.3 is 15.1 Å². The predicted octanol–water partition coefficient (Wildman–Crippen LogP) is 0.445. The Bertz CT molecular complexity index is 1070. The van der Waals surface area contributed by atoms with Gasteiger partial charge in [0.1, 0.15) is 0 Å². The summed E-state index contributed by atoms with van der Waals surface area (Å²) in [6.45, 7) is 1.80. The Hall–Kier alpha value is -3.14. The molecular weight excluding hydrogens is 370 g/mol. The van der Waals surface area contributed by atoms with E-state index in [9.17, 15) is 14.4 Å². The third kappa shape index (κ3) is 4.53. The molecule has 0 saturated carbocycles. The van der Waals surface area contributed by atoms with Gasteiger partial charge in [0.2, 0.25) is 11.8 Å². The molecule has 0 radical (unpaired) electrons. The topological polar surface area (TPSA) is 137 Å². The van der Waals surface area contributed by atoms with Crippen molar-refractivity contribution in [3.8, 4) is 0 Å². The Kier molecular flexibility index (Phi) is 5.55. The maximum absolute atomic E-state index is 12.8. The van der Waals surface area contributed by atoms with Gasteiger partial charge in [-0.15, -0.1) is 10.2 Å². The minimum atomic E-state index is -0.500. The number of nitrogens with one attached hydrogen (secondary N) is 1. The lowest BCUT2D eigenvalue weighted by Crippen LogP contribution is -2.38. The van der Waals surface area contributed by atoms with Crippen LogP contribution in [0.25, 0.3) is 0 Å². The van der Waals surface area contributed by atoms with Crippen molar-refractivity contribution in [1.82, 2.24) is 19.7 Å². The molecule has 0 fully saturated rings. The zero-order valence-corrected chi connectivity index (χ0v) is 15.3. The first kappa shape index (κ1) is 18.6. The van der Waals surface area contributed by atoms with Crippen LogP contribution in [-0.4, -0.2) is 31.4 Å². The van der Waals surface area contributed by atoms with Crippen molar-refractivity contribution in [3.05, 3.63) is 73.9 Å². The van der Waals surface area contributed by atoms with Crippen molar-refractivity contribution in [3.63, 3.8) is 0 Å². The fourth-order valence-corrected chi connectivity index (χ4v) is 3.01. The monoisotopic (exact) mass is 387 g/mol. The molecule has 140 valence electrons. The van der Waals surface area contributed by atoms with Gasteiger partial charge in [0.25, 0.3) is 10.8 Å². The molecule has 0 spiro atoms. The maximum Gasteiger partial charge on any atom is 0.328 e. The molecule has 0 saturated heterocycles. The molecule has 0 atom stereocenters. The smallest absolute Gasteiger partial charge is 0.328 e. The van der Waals surface area contributed by atoms with E-state index in [1.54, 1.807) is 6.92 Å². The van der Waals surface area contributed by atoms with E-state index >= 15 is 0 Å². The van der Waals surface area contributed by atoms with Gasteiger partial charge in [-0.25, -0.2) is 4.79 Å². The highest BCUT2D eigenvalue weighted by Crippen LogP contribution is 2.17. The highest BCUT2D eigenvalue weighted by atomic mass is 32.2. The summed E-state index contributed by atoms with van der Waals surface area (Å²) in [7, 11) is 0. The Morgan fingerprint density at radius 1 is 1.26 bits per heavy atom. The van der Waals surface area contributed by atoms with Gasteiger partial charge in [-0.2, -0.15) is 0 Å². The van der Waals surface area contributed by atoms with Crippen molar-refractivity contribution in [2.75, 3.05) is 5.75 Å². The van der Waals surface area contributed by atoms with Crippen LogP contribution in [0.4, 0.5) is 0 Å². The number of carbonyl (C=O) groups excluding carboxylic acids is 1. The molecular formula is C17H17N5O4S. The van der Waals surface area contributed by atoms with E-state index in [4.69, 9.17) is 10.2 Å². The number of nitrogens with two attached hydrogens (primary N) is 1. The summed E-state index contributed by atoms with van der Waals surface area (Å²) in [4.78, 5) is 38.6. The molecule has 0 bridgehead atoms. The number of H-pyrrole nitrogens is 1. The lowest BCUT2D eigenvalue weighted by atomic mass is 10.1. The molecule has 27 heavy (non-hydrogen) atoms. The van der Waals surface area contributed by atoms with Crippen LogP contribution in [0, 0.1) is 6.92 Å². The van der Waals surface area contributed by atoms with E-state index in [0.717, 1.165) is 21.9 Å². The number of rotatable bonds is 7. The minimum Gasteiger partial charge on any atom is -0.416 e. The van der Waals surface area contributed by atoms with Gasteiger partial charge in [0, 0.05) is 11.3 Å². The lowest BCUT2D eigenvalue weighted by molar-refractivity contribution is -0.115. The van der Waals surface area contributed by atoms with Crippen LogP contribution in [0.2, 0.25) is 0 Å². The summed E-state index contributed by atoms with van der Waals surface area (Å²) in [6, 6.07) is 9.22. The number of primary amides is 1. The van der Waals surface area contributed by atoms with E-state index in [-0.39, 0.29) is 29.8 Å². The van der Waals surface area contributed by atoms with Gasteiger partial charge in [-0.1, -0.05) is 42.1 Å². The number of thioether (sulfide) groups is 1. The number of nitrogens with zero attached hydrogens (tertiary/aromatic N) is 3. The molecule has 9 nitrogen and oxygen atoms in total. The Morgan fingerprint density at radius 2 is 2.00 bits per heavy atom. The van der Waals surface area contributed by atoms with E-state index in [1.165, 1.54) is 0 Å². The third-order valence-electron chi connectivity index (χ3n) is 3.79. The van der Waals surface area contributed by atoms with Crippen molar-refractivity contribution in [2.24, 2.45) is 5.73 Å². The van der Waals surface area contributed by atoms with Gasteiger partial charge in [0.15, 0.2) is 0 Å². The Balaban J connectivity index is 1.87. The molecule has 3 rings (SSSR count). The molecule has 3 aromatic rings. The van der Waals surface area contributed by atoms with Crippen molar-refractivity contribution >= 4 is 17.7 Å². The number of carbonyl (C=O) groups is 1. The predicted molar refractivity (Wildman–Crippen MR) is 98.6 cm³/mol. The highest BCUT2D eigenvalue weighted by Gasteiger charge is 2.16. The van der Waals surface area contributed by atoms with Gasteiger partial charge >= 0.3 is 5.69 Å². The normalized spacial score (nSPS) is 10.9. The summed E-state index contributed by atoms with van der Waals surface area (Å²) in [6.07, 6.45) is 0.0698. The van der Waals surface area contributed by atoms with Gasteiger partial charge in [0.05, 0.1) is 18.7 Å². The molecule has 3 N–H and O–H groups in total. The van der Waals surface area contributed by atoms with E-state index in [1.807, 2.05) is 30.3 Å². The summed E-state index contributed by atoms with van der Waals surface area (Å²) in [5, 5.41) is 7.88. The van der Waals surface area contributed by atoms with E-state index in [0.29, 0.717) is 11.3 Å². The standard InChI is InChI=1S/C17H17N5O4S/c1-10-12(7-14-20-21-17(26-14)27-9-13(18)23)15(24)22(16(25)19-10)8-11-5-3-2-4-6-11/h2-6H,7-9H2,1H3,(H2,18,23)(H,19,25). The fourth-order valence-electron chi connectivity index (χ4n) is 2.49. The maximum atomic E-state index is 12.8. The Labute approximate surface area is 157 Å². The van der Waals surface area contributed by atoms with Crippen LogP contribution in [-0.2, 0) is 17.8 Å². The second kappa shape index (κ2) is 8.04. The summed E-state index contributed by atoms with van der Waals surface area (Å²) in [5.74, 6) is -0.274. The van der Waals surface area contributed by atoms with Crippen LogP contribution in [0.3, 0.4) is 0 Å². The summed E-state index contributed by atoms with van der Waals surface area (Å²) in [5.41, 5.74) is 5.83. The molecule has 0 unspecified atom stereocenters. The van der Waals surface area contributed by atoms with Crippen molar-refractivity contribution in [2.45, 2.75) is 25.1 Å². The molecule has 10 heteroatoms. The van der Waals surface area contributed by atoms with Crippen LogP contribution in [0.1, 0.15) is 22.7 Å². The number of hydrogen-bond donors (Lipinski definition) is 2. The fraction of sp³-hybridized carbons (Fsp3) is 0.235. The Morgan fingerprint density at radius 3 is 2.70 bits per heavy atom. The number of aromatic amines is 1. The molecule has 0 aliphatic carbocycles. The summed E-state index contributed by atoms with van der Waals surface area (Å²) >= 11 is 1.02. The quantitative estimate of drug-likeness (QED) is 0.561. The van der Waals surface area contributed by atoms with Gasteiger partial charge in [-0.3, -0.25) is 14.2 Å². The number of aromatic nitrogens is 4. The number of aryl methyl sites for hydroxylation is 1. The zero-order chi connectivity index (χ0) is 19.4. The zero-order valence-electron chi connectivity index (χ0n) is 14.5. The molecule has 0 aliphatic heterocycles. The molecule has 2 heterocycles. The summed E-state index contributed by atoms with van der Waals surface area (Å²) < 4.78 is 6.56. The van der Waals surface area contributed by atoms with Crippen molar-refractivity contribution in [1.29, 1.82) is 0 Å². The molecule has 1 aromatic carbocycles. The first-order valence-electron chi connectivity index (χ1n) is 8.04. The number of amides is 1. The van der Waals surface area contributed by atoms with E-state index in [2.05, 4.69) is 15.2 Å². The van der Waals surface area contributed by atoms with Crippen LogP contribution >= 0.6 is 11.8 Å². The average molecular weight is 387 g/mol. The second-order valence-electron chi connectivity index (χ2n) is 5.80. The lowest BCUT2D eigenvalue weighted by Gasteiger charge is -2.09. The van der Waals surface area contributed by atoms with Crippen LogP contribution in [0.5, 0.6) is 0 Å². The second-order valence-corrected chi connectivity index (χ2v) is 6.73. The highest BCUT2D eigenvalue weighted by molar-refractivity contribution is 7.99. The largest absolute Gasteiger partial charge is 0.416 e. The first-order valence-corrected chi connectivity index (χ1v) is 9.02. The van der Waals surface area contributed by atoms with Crippen molar-refractivity contribution < 1.29 is 9.21 Å². The van der Waals surface area contributed by atoms with E-state index < -0.39 is 17.2 Å². The molecule has 2 aromatic heterocycles. The first-order chi connectivity index (χ1) is 12.9. The number of hydrogen-bond acceptors (Lipinski definition) is 7. The van der Waals surface area contributed by atoms with Crippen LogP contribution in [0.15, 0.2) is 49.6 Å². The molecule has 0 aliphatic rings. The van der Waals surface area contributed by atoms with Gasteiger partial charge in [-0.05, 0) is 12.5 Å². The third-order valence-corrected chi connectivity index (χ3v) is 4.63. The minimum absolute atomic E-state index is 0.0171. The average Bonchev–Trinajstić information content (AvgIpc) is 3.09. The SMILES string of the molecule is Cc1[nH]c(=O)n(Cc2ccccc2)c(=O)c1Cc1nnc(SCC(N)=O)o1.